The van der Waals surface area contributed by atoms with Crippen molar-refractivity contribution < 1.29 is 9.90 Å². The van der Waals surface area contributed by atoms with Crippen LogP contribution < -0.4 is 16.6 Å². The maximum Gasteiger partial charge on any atom is 0.325 e. The van der Waals surface area contributed by atoms with E-state index in [1.54, 1.807) is 0 Å². The predicted molar refractivity (Wildman–Crippen MR) is 54.0 cm³/mol. The zero-order valence-corrected chi connectivity index (χ0v) is 8.39. The van der Waals surface area contributed by atoms with E-state index >= 15 is 0 Å². The SMILES string of the molecule is O=C(O)CNCSc1c[nH]c(=O)[nH]c1=O. The Kier molecular flexibility index (Phi) is 4.13. The fraction of sp³-hybridized carbons (Fsp3) is 0.286. The molecule has 82 valence electrons. The molecular formula is C7H9N3O4S. The number of aromatic nitrogens is 2. The molecule has 0 bridgehead atoms. The Labute approximate surface area is 87.9 Å². The number of thioether (sulfide) groups is 1. The van der Waals surface area contributed by atoms with E-state index in [1.807, 2.05) is 0 Å². The Bertz CT molecular complexity index is 452. The molecular weight excluding hydrogens is 222 g/mol. The quantitative estimate of drug-likeness (QED) is 0.287. The van der Waals surface area contributed by atoms with Gasteiger partial charge in [0.05, 0.1) is 11.4 Å². The molecule has 0 unspecified atom stereocenters. The molecule has 1 rings (SSSR count). The summed E-state index contributed by atoms with van der Waals surface area (Å²) in [7, 11) is 0. The molecule has 0 aliphatic carbocycles. The molecule has 15 heavy (non-hydrogen) atoms. The minimum Gasteiger partial charge on any atom is -0.480 e. The van der Waals surface area contributed by atoms with Crippen LogP contribution in [0.1, 0.15) is 0 Å². The maximum atomic E-state index is 11.1. The van der Waals surface area contributed by atoms with Crippen molar-refractivity contribution >= 4 is 17.7 Å². The van der Waals surface area contributed by atoms with Gasteiger partial charge in [-0.05, 0) is 0 Å². The summed E-state index contributed by atoms with van der Waals surface area (Å²) in [6, 6.07) is 0. The lowest BCUT2D eigenvalue weighted by molar-refractivity contribution is -0.135. The first-order chi connectivity index (χ1) is 7.09. The maximum absolute atomic E-state index is 11.1. The van der Waals surface area contributed by atoms with E-state index in [0.29, 0.717) is 4.90 Å². The van der Waals surface area contributed by atoms with Gasteiger partial charge < -0.3 is 10.1 Å². The molecule has 0 aliphatic rings. The summed E-state index contributed by atoms with van der Waals surface area (Å²) >= 11 is 1.11. The van der Waals surface area contributed by atoms with Crippen LogP contribution in [0, 0.1) is 0 Å². The summed E-state index contributed by atoms with van der Waals surface area (Å²) in [5.41, 5.74) is -1.05. The van der Waals surface area contributed by atoms with E-state index in [0.717, 1.165) is 11.8 Å². The number of aromatic amines is 2. The molecule has 1 aromatic rings. The van der Waals surface area contributed by atoms with Crippen molar-refractivity contribution in [2.24, 2.45) is 0 Å². The highest BCUT2D eigenvalue weighted by atomic mass is 32.2. The van der Waals surface area contributed by atoms with Crippen LogP contribution in [0.2, 0.25) is 0 Å². The van der Waals surface area contributed by atoms with Crippen molar-refractivity contribution in [3.63, 3.8) is 0 Å². The van der Waals surface area contributed by atoms with Gasteiger partial charge in [0, 0.05) is 12.1 Å². The minimum atomic E-state index is -0.967. The summed E-state index contributed by atoms with van der Waals surface area (Å²) < 4.78 is 0. The van der Waals surface area contributed by atoms with E-state index in [1.165, 1.54) is 6.20 Å². The smallest absolute Gasteiger partial charge is 0.325 e. The molecule has 0 atom stereocenters. The molecule has 4 N–H and O–H groups in total. The van der Waals surface area contributed by atoms with Crippen LogP contribution in [-0.2, 0) is 4.79 Å². The van der Waals surface area contributed by atoms with Crippen LogP contribution in [0.4, 0.5) is 0 Å². The lowest BCUT2D eigenvalue weighted by atomic mass is 10.7. The first kappa shape index (κ1) is 11.5. The van der Waals surface area contributed by atoms with E-state index in [2.05, 4.69) is 15.3 Å². The van der Waals surface area contributed by atoms with Crippen molar-refractivity contribution in [1.29, 1.82) is 0 Å². The first-order valence-corrected chi connectivity index (χ1v) is 4.95. The lowest BCUT2D eigenvalue weighted by Gasteiger charge is -2.00. The third kappa shape index (κ3) is 4.00. The second kappa shape index (κ2) is 5.37. The molecule has 0 amide bonds. The zero-order valence-electron chi connectivity index (χ0n) is 7.57. The third-order valence-corrected chi connectivity index (χ3v) is 2.35. The van der Waals surface area contributed by atoms with Gasteiger partial charge in [-0.25, -0.2) is 4.79 Å². The molecule has 0 spiro atoms. The van der Waals surface area contributed by atoms with Gasteiger partial charge in [-0.1, -0.05) is 0 Å². The van der Waals surface area contributed by atoms with Gasteiger partial charge in [-0.3, -0.25) is 19.9 Å². The highest BCUT2D eigenvalue weighted by Gasteiger charge is 2.01. The van der Waals surface area contributed by atoms with Gasteiger partial charge in [-0.15, -0.1) is 11.8 Å². The average molecular weight is 231 g/mol. The van der Waals surface area contributed by atoms with E-state index in [9.17, 15) is 14.4 Å². The second-order valence-electron chi connectivity index (χ2n) is 2.55. The number of hydrogen-bond donors (Lipinski definition) is 4. The normalized spacial score (nSPS) is 10.1. The molecule has 0 radical (unpaired) electrons. The minimum absolute atomic E-state index is 0.172. The number of carbonyl (C=O) groups is 1. The topological polar surface area (TPSA) is 115 Å². The van der Waals surface area contributed by atoms with Gasteiger partial charge in [0.15, 0.2) is 0 Å². The number of rotatable bonds is 5. The summed E-state index contributed by atoms with van der Waals surface area (Å²) in [5, 5.41) is 10.9. The number of nitrogens with one attached hydrogen (secondary N) is 3. The monoisotopic (exact) mass is 231 g/mol. The van der Waals surface area contributed by atoms with Crippen molar-refractivity contribution in [1.82, 2.24) is 15.3 Å². The largest absolute Gasteiger partial charge is 0.480 e. The van der Waals surface area contributed by atoms with Gasteiger partial charge in [0.1, 0.15) is 0 Å². The molecule has 0 aliphatic heterocycles. The second-order valence-corrected chi connectivity index (χ2v) is 3.56. The Hall–Kier alpha value is -1.54. The molecule has 0 saturated carbocycles. The molecule has 7 nitrogen and oxygen atoms in total. The van der Waals surface area contributed by atoms with Crippen LogP contribution in [0.5, 0.6) is 0 Å². The summed E-state index contributed by atoms with van der Waals surface area (Å²) in [6.07, 6.45) is 1.29. The average Bonchev–Trinajstić information content (AvgIpc) is 2.14. The number of H-pyrrole nitrogens is 2. The summed E-state index contributed by atoms with van der Waals surface area (Å²) in [5.74, 6) is -0.687. The standard InChI is InChI=1S/C7H9N3O4S/c11-5(12)2-8-3-15-4-1-9-7(14)10-6(4)13/h1,8H,2-3H2,(H,11,12)(H2,9,10,13,14). The molecule has 8 heteroatoms. The Morgan fingerprint density at radius 1 is 1.53 bits per heavy atom. The van der Waals surface area contributed by atoms with Gasteiger partial charge in [-0.2, -0.15) is 0 Å². The molecule has 1 heterocycles. The summed E-state index contributed by atoms with van der Waals surface area (Å²) in [4.78, 5) is 36.6. The molecule has 0 aromatic carbocycles. The summed E-state index contributed by atoms with van der Waals surface area (Å²) in [6.45, 7) is -0.172. The van der Waals surface area contributed by atoms with Crippen molar-refractivity contribution in [2.75, 3.05) is 12.4 Å². The van der Waals surface area contributed by atoms with E-state index in [4.69, 9.17) is 5.11 Å². The Morgan fingerprint density at radius 3 is 2.87 bits per heavy atom. The Morgan fingerprint density at radius 2 is 2.27 bits per heavy atom. The van der Waals surface area contributed by atoms with Crippen molar-refractivity contribution in [3.05, 3.63) is 27.0 Å². The van der Waals surface area contributed by atoms with Crippen LogP contribution in [-0.4, -0.2) is 33.5 Å². The number of carboxylic acid groups (broad SMARTS) is 1. The number of aliphatic carboxylic acids is 1. The first-order valence-electron chi connectivity index (χ1n) is 3.97. The van der Waals surface area contributed by atoms with Crippen LogP contribution in [0.25, 0.3) is 0 Å². The van der Waals surface area contributed by atoms with Gasteiger partial charge in [0.2, 0.25) is 0 Å². The zero-order chi connectivity index (χ0) is 11.3. The van der Waals surface area contributed by atoms with E-state index in [-0.39, 0.29) is 12.4 Å². The molecule has 0 fully saturated rings. The Balaban J connectivity index is 2.48. The van der Waals surface area contributed by atoms with Gasteiger partial charge >= 0.3 is 11.7 Å². The third-order valence-electron chi connectivity index (χ3n) is 1.39. The van der Waals surface area contributed by atoms with E-state index < -0.39 is 17.2 Å². The van der Waals surface area contributed by atoms with Gasteiger partial charge in [0.25, 0.3) is 5.56 Å². The molecule has 0 saturated heterocycles. The highest BCUT2D eigenvalue weighted by Crippen LogP contribution is 2.07. The number of hydrogen-bond acceptors (Lipinski definition) is 5. The van der Waals surface area contributed by atoms with Crippen LogP contribution in [0.15, 0.2) is 20.7 Å². The van der Waals surface area contributed by atoms with Crippen molar-refractivity contribution in [2.45, 2.75) is 4.90 Å². The van der Waals surface area contributed by atoms with Crippen LogP contribution >= 0.6 is 11.8 Å². The fourth-order valence-corrected chi connectivity index (χ4v) is 1.48. The van der Waals surface area contributed by atoms with Crippen LogP contribution in [0.3, 0.4) is 0 Å². The molecule has 1 aromatic heterocycles. The fourth-order valence-electron chi connectivity index (χ4n) is 0.791. The lowest BCUT2D eigenvalue weighted by Crippen LogP contribution is -2.25. The van der Waals surface area contributed by atoms with Crippen molar-refractivity contribution in [3.8, 4) is 0 Å². The highest BCUT2D eigenvalue weighted by molar-refractivity contribution is 7.99. The predicted octanol–water partition coefficient (Wildman–Crippen LogP) is -1.21. The number of carboxylic acids is 1.